The molecule has 112 valence electrons. The third-order valence-corrected chi connectivity index (χ3v) is 4.21. The molecule has 0 aliphatic rings. The van der Waals surface area contributed by atoms with E-state index in [1.165, 1.54) is 11.1 Å². The smallest absolute Gasteiger partial charge is 0.0438 e. The number of nitrogens with one attached hydrogen (secondary N) is 1. The van der Waals surface area contributed by atoms with Crippen LogP contribution in [-0.2, 0) is 12.0 Å². The molecule has 2 nitrogen and oxygen atoms in total. The second-order valence-electron chi connectivity index (χ2n) is 6.20. The molecule has 0 radical (unpaired) electrons. The highest BCUT2D eigenvalue weighted by Gasteiger charge is 2.20. The van der Waals surface area contributed by atoms with Gasteiger partial charge in [0.2, 0.25) is 0 Å². The molecule has 3 N–H and O–H groups in total. The first kappa shape index (κ1) is 15.9. The van der Waals surface area contributed by atoms with E-state index in [1.807, 2.05) is 31.2 Å². The lowest BCUT2D eigenvalue weighted by Crippen LogP contribution is -2.32. The third-order valence-electron chi connectivity index (χ3n) is 3.80. The van der Waals surface area contributed by atoms with Gasteiger partial charge in [-0.1, -0.05) is 49.7 Å². The Labute approximate surface area is 132 Å². The summed E-state index contributed by atoms with van der Waals surface area (Å²) in [7, 11) is 0. The van der Waals surface area contributed by atoms with E-state index in [1.54, 1.807) is 0 Å². The van der Waals surface area contributed by atoms with Crippen molar-refractivity contribution in [1.82, 2.24) is 5.32 Å². The summed E-state index contributed by atoms with van der Waals surface area (Å²) < 4.78 is 0. The number of halogens is 1. The molecular formula is C18H23ClN2. The molecule has 0 fully saturated rings. The van der Waals surface area contributed by atoms with Gasteiger partial charge >= 0.3 is 0 Å². The van der Waals surface area contributed by atoms with E-state index in [0.29, 0.717) is 0 Å². The van der Waals surface area contributed by atoms with Crippen molar-refractivity contribution in [3.63, 3.8) is 0 Å². The quantitative estimate of drug-likeness (QED) is 0.808. The summed E-state index contributed by atoms with van der Waals surface area (Å²) in [4.78, 5) is 0. The van der Waals surface area contributed by atoms with Crippen LogP contribution in [0.2, 0.25) is 5.02 Å². The van der Waals surface area contributed by atoms with Gasteiger partial charge in [0.25, 0.3) is 0 Å². The average Bonchev–Trinajstić information content (AvgIpc) is 2.43. The number of anilines is 1. The van der Waals surface area contributed by atoms with E-state index in [-0.39, 0.29) is 5.41 Å². The predicted molar refractivity (Wildman–Crippen MR) is 91.8 cm³/mol. The molecule has 21 heavy (non-hydrogen) atoms. The van der Waals surface area contributed by atoms with Gasteiger partial charge in [-0.15, -0.1) is 0 Å². The normalized spacial score (nSPS) is 11.6. The summed E-state index contributed by atoms with van der Waals surface area (Å²) in [5, 5.41) is 4.33. The largest absolute Gasteiger partial charge is 0.399 e. The van der Waals surface area contributed by atoms with Crippen molar-refractivity contribution < 1.29 is 0 Å². The maximum atomic E-state index is 6.15. The van der Waals surface area contributed by atoms with Crippen molar-refractivity contribution >= 4 is 17.3 Å². The first-order valence-corrected chi connectivity index (χ1v) is 7.58. The lowest BCUT2D eigenvalue weighted by Gasteiger charge is -2.26. The highest BCUT2D eigenvalue weighted by atomic mass is 35.5. The molecule has 0 aromatic heterocycles. The van der Waals surface area contributed by atoms with Crippen LogP contribution >= 0.6 is 11.6 Å². The zero-order chi connectivity index (χ0) is 15.5. The summed E-state index contributed by atoms with van der Waals surface area (Å²) in [6.07, 6.45) is 0. The highest BCUT2D eigenvalue weighted by Crippen LogP contribution is 2.24. The van der Waals surface area contributed by atoms with Gasteiger partial charge in [0.15, 0.2) is 0 Å². The van der Waals surface area contributed by atoms with Crippen LogP contribution in [0.3, 0.4) is 0 Å². The minimum Gasteiger partial charge on any atom is -0.399 e. The van der Waals surface area contributed by atoms with E-state index in [9.17, 15) is 0 Å². The number of hydrogen-bond acceptors (Lipinski definition) is 2. The minimum atomic E-state index is 0.0316. The second kappa shape index (κ2) is 6.50. The minimum absolute atomic E-state index is 0.0316. The number of nitrogens with two attached hydrogens (primary N) is 1. The Balaban J connectivity index is 1.97. The number of hydrogen-bond donors (Lipinski definition) is 2. The number of rotatable bonds is 5. The molecule has 0 atom stereocenters. The lowest BCUT2D eigenvalue weighted by molar-refractivity contribution is 0.469. The zero-order valence-electron chi connectivity index (χ0n) is 12.9. The van der Waals surface area contributed by atoms with E-state index >= 15 is 0 Å². The molecule has 0 bridgehead atoms. The van der Waals surface area contributed by atoms with Crippen molar-refractivity contribution in [2.45, 2.75) is 32.7 Å². The van der Waals surface area contributed by atoms with Gasteiger partial charge in [0.05, 0.1) is 0 Å². The van der Waals surface area contributed by atoms with Crippen molar-refractivity contribution in [1.29, 1.82) is 0 Å². The average molecular weight is 303 g/mol. The Morgan fingerprint density at radius 1 is 1.14 bits per heavy atom. The Kier molecular flexibility index (Phi) is 4.92. The van der Waals surface area contributed by atoms with Crippen LogP contribution < -0.4 is 11.1 Å². The summed E-state index contributed by atoms with van der Waals surface area (Å²) in [5.41, 5.74) is 10.3. The molecule has 2 rings (SSSR count). The first-order chi connectivity index (χ1) is 9.88. The maximum Gasteiger partial charge on any atom is 0.0438 e. The van der Waals surface area contributed by atoms with E-state index in [0.717, 1.165) is 29.4 Å². The molecule has 0 aliphatic heterocycles. The molecule has 0 aliphatic carbocycles. The molecule has 0 saturated carbocycles. The first-order valence-electron chi connectivity index (χ1n) is 7.20. The molecular weight excluding hydrogens is 280 g/mol. The van der Waals surface area contributed by atoms with Crippen LogP contribution in [-0.4, -0.2) is 6.54 Å². The van der Waals surface area contributed by atoms with Crippen molar-refractivity contribution in [3.8, 4) is 0 Å². The topological polar surface area (TPSA) is 38.0 Å². The van der Waals surface area contributed by atoms with E-state index in [4.69, 9.17) is 17.3 Å². The van der Waals surface area contributed by atoms with Gasteiger partial charge in [0.1, 0.15) is 0 Å². The Hall–Kier alpha value is -1.51. The number of benzene rings is 2. The Morgan fingerprint density at radius 3 is 2.57 bits per heavy atom. The molecule has 0 unspecified atom stereocenters. The summed E-state index contributed by atoms with van der Waals surface area (Å²) in [6.45, 7) is 8.14. The molecule has 0 saturated heterocycles. The third kappa shape index (κ3) is 4.23. The van der Waals surface area contributed by atoms with Crippen LogP contribution in [0.1, 0.15) is 30.5 Å². The maximum absolute atomic E-state index is 6.15. The fourth-order valence-electron chi connectivity index (χ4n) is 2.33. The predicted octanol–water partition coefficient (Wildman–Crippen LogP) is 4.30. The fraction of sp³-hybridized carbons (Fsp3) is 0.333. The Morgan fingerprint density at radius 2 is 1.90 bits per heavy atom. The van der Waals surface area contributed by atoms with Gasteiger partial charge in [-0.25, -0.2) is 0 Å². The van der Waals surface area contributed by atoms with Gasteiger partial charge < -0.3 is 11.1 Å². The summed E-state index contributed by atoms with van der Waals surface area (Å²) in [5.74, 6) is 0. The Bertz CT molecular complexity index is 620. The molecule has 0 amide bonds. The van der Waals surface area contributed by atoms with Crippen LogP contribution in [0.4, 0.5) is 5.69 Å². The van der Waals surface area contributed by atoms with Crippen LogP contribution in [0.15, 0.2) is 42.5 Å². The number of nitrogen functional groups attached to an aromatic ring is 1. The molecule has 3 heteroatoms. The molecule has 0 heterocycles. The SMILES string of the molecule is Cc1ccc(CNCC(C)(C)c2cccc(N)c2)cc1Cl. The van der Waals surface area contributed by atoms with Crippen molar-refractivity contribution in [3.05, 3.63) is 64.2 Å². The number of aryl methyl sites for hydroxylation is 1. The van der Waals surface area contributed by atoms with Gasteiger partial charge in [-0.2, -0.15) is 0 Å². The zero-order valence-corrected chi connectivity index (χ0v) is 13.7. The fourth-order valence-corrected chi connectivity index (χ4v) is 2.53. The monoisotopic (exact) mass is 302 g/mol. The van der Waals surface area contributed by atoms with Crippen LogP contribution in [0.5, 0.6) is 0 Å². The summed E-state index contributed by atoms with van der Waals surface area (Å²) in [6, 6.07) is 14.3. The molecule has 2 aromatic rings. The van der Waals surface area contributed by atoms with Gasteiger partial charge in [0, 0.05) is 29.2 Å². The van der Waals surface area contributed by atoms with Crippen LogP contribution in [0.25, 0.3) is 0 Å². The van der Waals surface area contributed by atoms with E-state index in [2.05, 4.69) is 37.4 Å². The lowest BCUT2D eigenvalue weighted by atomic mass is 9.84. The molecule has 2 aromatic carbocycles. The molecule has 0 spiro atoms. The van der Waals surface area contributed by atoms with Gasteiger partial charge in [-0.05, 0) is 41.8 Å². The van der Waals surface area contributed by atoms with Crippen LogP contribution in [0, 0.1) is 6.92 Å². The standard InChI is InChI=1S/C18H23ClN2/c1-13-7-8-14(9-17(13)19)11-21-12-18(2,3)15-5-4-6-16(20)10-15/h4-10,21H,11-12,20H2,1-3H3. The van der Waals surface area contributed by atoms with Gasteiger partial charge in [-0.3, -0.25) is 0 Å². The highest BCUT2D eigenvalue weighted by molar-refractivity contribution is 6.31. The van der Waals surface area contributed by atoms with Crippen molar-refractivity contribution in [2.75, 3.05) is 12.3 Å². The second-order valence-corrected chi connectivity index (χ2v) is 6.60. The summed E-state index contributed by atoms with van der Waals surface area (Å²) >= 11 is 6.15. The van der Waals surface area contributed by atoms with Crippen molar-refractivity contribution in [2.24, 2.45) is 0 Å². The van der Waals surface area contributed by atoms with E-state index < -0.39 is 0 Å².